The molecule has 4 unspecified atom stereocenters. The zero-order chi connectivity index (χ0) is 11.6. The van der Waals surface area contributed by atoms with Gasteiger partial charge in [0.15, 0.2) is 0 Å². The van der Waals surface area contributed by atoms with Crippen LogP contribution in [-0.4, -0.2) is 31.3 Å². The van der Waals surface area contributed by atoms with Crippen LogP contribution < -0.4 is 11.1 Å². The summed E-state index contributed by atoms with van der Waals surface area (Å²) in [6, 6.07) is 0. The summed E-state index contributed by atoms with van der Waals surface area (Å²) in [4.78, 5) is 0. The van der Waals surface area contributed by atoms with Gasteiger partial charge in [0.2, 0.25) is 0 Å². The second-order valence-electron chi connectivity index (χ2n) is 5.69. The van der Waals surface area contributed by atoms with Gasteiger partial charge in [-0.1, -0.05) is 13.8 Å². The molecule has 2 aliphatic rings. The lowest BCUT2D eigenvalue weighted by molar-refractivity contribution is -0.0282. The Morgan fingerprint density at radius 1 is 1.50 bits per heavy atom. The van der Waals surface area contributed by atoms with Crippen LogP contribution in [0, 0.1) is 11.8 Å². The Hall–Kier alpha value is -0.120. The molecule has 0 radical (unpaired) electrons. The third kappa shape index (κ3) is 2.76. The van der Waals surface area contributed by atoms with Gasteiger partial charge in [0.05, 0.1) is 6.10 Å². The van der Waals surface area contributed by atoms with E-state index in [2.05, 4.69) is 19.2 Å². The first kappa shape index (κ1) is 12.3. The van der Waals surface area contributed by atoms with Gasteiger partial charge in [-0.3, -0.25) is 0 Å². The van der Waals surface area contributed by atoms with Crippen molar-refractivity contribution in [3.8, 4) is 0 Å². The molecule has 1 aliphatic carbocycles. The quantitative estimate of drug-likeness (QED) is 0.747. The van der Waals surface area contributed by atoms with Crippen molar-refractivity contribution < 1.29 is 4.74 Å². The van der Waals surface area contributed by atoms with E-state index in [9.17, 15) is 0 Å². The molecule has 0 spiro atoms. The molecule has 0 aromatic rings. The normalized spacial score (nSPS) is 43.3. The van der Waals surface area contributed by atoms with E-state index in [1.54, 1.807) is 0 Å². The second-order valence-corrected chi connectivity index (χ2v) is 5.69. The Bertz CT molecular complexity index is 234. The largest absolute Gasteiger partial charge is 0.378 e. The number of nitrogens with one attached hydrogen (secondary N) is 1. The molecule has 2 fully saturated rings. The van der Waals surface area contributed by atoms with Gasteiger partial charge in [-0.25, -0.2) is 0 Å². The van der Waals surface area contributed by atoms with Crippen molar-refractivity contribution in [2.24, 2.45) is 17.6 Å². The van der Waals surface area contributed by atoms with Gasteiger partial charge in [0.25, 0.3) is 0 Å². The fourth-order valence-electron chi connectivity index (χ4n) is 2.73. The molecule has 0 bridgehead atoms. The Labute approximate surface area is 99.1 Å². The van der Waals surface area contributed by atoms with Gasteiger partial charge in [-0.15, -0.1) is 0 Å². The average Bonchev–Trinajstić information content (AvgIpc) is 3.03. The first-order valence-corrected chi connectivity index (χ1v) is 6.76. The summed E-state index contributed by atoms with van der Waals surface area (Å²) in [5.41, 5.74) is 6.13. The predicted octanol–water partition coefficient (Wildman–Crippen LogP) is 1.52. The Kier molecular flexibility index (Phi) is 3.88. The van der Waals surface area contributed by atoms with Gasteiger partial charge in [-0.05, 0) is 44.1 Å². The van der Waals surface area contributed by atoms with Crippen LogP contribution in [0.4, 0.5) is 0 Å². The molecule has 0 aromatic heterocycles. The van der Waals surface area contributed by atoms with E-state index >= 15 is 0 Å². The number of hydrogen-bond donors (Lipinski definition) is 2. The maximum absolute atomic E-state index is 5.98. The summed E-state index contributed by atoms with van der Waals surface area (Å²) in [5.74, 6) is 1.82. The van der Waals surface area contributed by atoms with Crippen LogP contribution in [0.15, 0.2) is 0 Å². The average molecular weight is 226 g/mol. The van der Waals surface area contributed by atoms with Crippen LogP contribution >= 0.6 is 0 Å². The van der Waals surface area contributed by atoms with Crippen LogP contribution in [0.3, 0.4) is 0 Å². The first-order valence-electron chi connectivity index (χ1n) is 6.76. The van der Waals surface area contributed by atoms with Crippen LogP contribution in [0.1, 0.15) is 39.5 Å². The van der Waals surface area contributed by atoms with E-state index in [-0.39, 0.29) is 5.54 Å². The fraction of sp³-hybridized carbons (Fsp3) is 1.00. The highest BCUT2D eigenvalue weighted by atomic mass is 16.5. The number of rotatable bonds is 5. The third-order valence-corrected chi connectivity index (χ3v) is 4.41. The lowest BCUT2D eigenvalue weighted by Gasteiger charge is -2.41. The first-order chi connectivity index (χ1) is 7.69. The maximum Gasteiger partial charge on any atom is 0.0590 e. The fourth-order valence-corrected chi connectivity index (χ4v) is 2.73. The molecule has 3 nitrogen and oxygen atoms in total. The molecule has 0 amide bonds. The highest BCUT2D eigenvalue weighted by Gasteiger charge is 2.38. The lowest BCUT2D eigenvalue weighted by Crippen LogP contribution is -2.57. The molecule has 94 valence electrons. The van der Waals surface area contributed by atoms with Gasteiger partial charge in [-0.2, -0.15) is 0 Å². The summed E-state index contributed by atoms with van der Waals surface area (Å²) >= 11 is 0. The molecule has 4 atom stereocenters. The van der Waals surface area contributed by atoms with Crippen molar-refractivity contribution in [1.82, 2.24) is 5.32 Å². The van der Waals surface area contributed by atoms with Crippen molar-refractivity contribution in [1.29, 1.82) is 0 Å². The van der Waals surface area contributed by atoms with E-state index in [1.165, 1.54) is 6.42 Å². The Balaban J connectivity index is 1.84. The van der Waals surface area contributed by atoms with Crippen molar-refractivity contribution >= 4 is 0 Å². The Morgan fingerprint density at radius 3 is 2.81 bits per heavy atom. The van der Waals surface area contributed by atoms with Gasteiger partial charge < -0.3 is 15.8 Å². The SMILES string of the molecule is CCC1CC(CN)(NCC2CC2C)CCO1. The van der Waals surface area contributed by atoms with E-state index in [1.807, 2.05) is 0 Å². The zero-order valence-corrected chi connectivity index (χ0v) is 10.7. The molecule has 0 aromatic carbocycles. The molecule has 1 saturated heterocycles. The molecule has 1 aliphatic heterocycles. The van der Waals surface area contributed by atoms with E-state index < -0.39 is 0 Å². The minimum atomic E-state index is 0.154. The van der Waals surface area contributed by atoms with Crippen molar-refractivity contribution in [3.05, 3.63) is 0 Å². The van der Waals surface area contributed by atoms with Gasteiger partial charge in [0, 0.05) is 18.7 Å². The summed E-state index contributed by atoms with van der Waals surface area (Å²) in [5, 5.41) is 3.74. The highest BCUT2D eigenvalue weighted by Crippen LogP contribution is 2.37. The maximum atomic E-state index is 5.98. The lowest BCUT2D eigenvalue weighted by atomic mass is 9.85. The smallest absolute Gasteiger partial charge is 0.0590 e. The van der Waals surface area contributed by atoms with Crippen molar-refractivity contribution in [2.45, 2.75) is 51.2 Å². The molecule has 1 heterocycles. The van der Waals surface area contributed by atoms with Crippen LogP contribution in [0.5, 0.6) is 0 Å². The summed E-state index contributed by atoms with van der Waals surface area (Å²) < 4.78 is 5.73. The summed E-state index contributed by atoms with van der Waals surface area (Å²) in [6.07, 6.45) is 5.05. The molecule has 1 saturated carbocycles. The van der Waals surface area contributed by atoms with Crippen molar-refractivity contribution in [2.75, 3.05) is 19.7 Å². The van der Waals surface area contributed by atoms with E-state index in [0.29, 0.717) is 6.10 Å². The van der Waals surface area contributed by atoms with Gasteiger partial charge >= 0.3 is 0 Å². The number of nitrogens with two attached hydrogens (primary N) is 1. The number of hydrogen-bond acceptors (Lipinski definition) is 3. The number of ether oxygens (including phenoxy) is 1. The van der Waals surface area contributed by atoms with Crippen molar-refractivity contribution in [3.63, 3.8) is 0 Å². The third-order valence-electron chi connectivity index (χ3n) is 4.41. The molecule has 3 N–H and O–H groups in total. The standard InChI is InChI=1S/C13H26N2O/c1-3-12-7-13(9-14,4-5-16-12)15-8-11-6-10(11)2/h10-12,15H,3-9,14H2,1-2H3. The van der Waals surface area contributed by atoms with Crippen LogP contribution in [0.25, 0.3) is 0 Å². The minimum Gasteiger partial charge on any atom is -0.378 e. The minimum absolute atomic E-state index is 0.154. The molecule has 3 heteroatoms. The second kappa shape index (κ2) is 5.03. The predicted molar refractivity (Wildman–Crippen MR) is 66.3 cm³/mol. The van der Waals surface area contributed by atoms with Crippen LogP contribution in [0.2, 0.25) is 0 Å². The molecule has 2 rings (SSSR count). The van der Waals surface area contributed by atoms with E-state index in [4.69, 9.17) is 10.5 Å². The van der Waals surface area contributed by atoms with E-state index in [0.717, 1.165) is 50.8 Å². The van der Waals surface area contributed by atoms with Gasteiger partial charge in [0.1, 0.15) is 0 Å². The monoisotopic (exact) mass is 226 g/mol. The molecular weight excluding hydrogens is 200 g/mol. The van der Waals surface area contributed by atoms with Crippen LogP contribution in [-0.2, 0) is 4.74 Å². The topological polar surface area (TPSA) is 47.3 Å². The Morgan fingerprint density at radius 2 is 2.25 bits per heavy atom. The molecular formula is C13H26N2O. The molecule has 16 heavy (non-hydrogen) atoms. The summed E-state index contributed by atoms with van der Waals surface area (Å²) in [7, 11) is 0. The zero-order valence-electron chi connectivity index (χ0n) is 10.7. The summed E-state index contributed by atoms with van der Waals surface area (Å²) in [6.45, 7) is 7.28. The highest BCUT2D eigenvalue weighted by molar-refractivity contribution is 4.96.